The summed E-state index contributed by atoms with van der Waals surface area (Å²) in [6.45, 7) is 4.67. The third kappa shape index (κ3) is 5.68. The number of pyridine rings is 1. The molecule has 2 heterocycles. The number of nitrogens with zero attached hydrogens (tertiary/aromatic N) is 2. The first-order valence-corrected chi connectivity index (χ1v) is 10.1. The van der Waals surface area contributed by atoms with Crippen LogP contribution in [0.25, 0.3) is 0 Å². The highest BCUT2D eigenvalue weighted by molar-refractivity contribution is 6.34. The van der Waals surface area contributed by atoms with Gasteiger partial charge in [0, 0.05) is 24.8 Å². The van der Waals surface area contributed by atoms with Gasteiger partial charge in [0.15, 0.2) is 5.69 Å². The van der Waals surface area contributed by atoms with Gasteiger partial charge in [-0.15, -0.1) is 0 Å². The minimum atomic E-state index is -0.398. The largest absolute Gasteiger partial charge is 0.478 e. The number of hydrogen-bond acceptors (Lipinski definition) is 5. The van der Waals surface area contributed by atoms with Crippen LogP contribution in [0, 0.1) is 5.92 Å². The van der Waals surface area contributed by atoms with Crippen molar-refractivity contribution in [2.75, 3.05) is 25.0 Å². The van der Waals surface area contributed by atoms with Crippen LogP contribution in [-0.2, 0) is 11.3 Å². The molecule has 1 saturated heterocycles. The number of primary amides is 1. The molecule has 0 bridgehead atoms. The van der Waals surface area contributed by atoms with Crippen LogP contribution in [0.1, 0.15) is 35.8 Å². The SMILES string of the molecule is CCOc1ccc(Cl)c(C(=O)Nc2ccc(CN3CCCC(C(N)=O)C3)cc2)n1. The van der Waals surface area contributed by atoms with Crippen molar-refractivity contribution in [3.63, 3.8) is 0 Å². The van der Waals surface area contributed by atoms with Crippen molar-refractivity contribution in [1.29, 1.82) is 0 Å². The van der Waals surface area contributed by atoms with E-state index in [9.17, 15) is 9.59 Å². The number of ether oxygens (including phenoxy) is 1. The van der Waals surface area contributed by atoms with E-state index in [-0.39, 0.29) is 22.5 Å². The number of amides is 2. The lowest BCUT2D eigenvalue weighted by atomic mass is 9.97. The molecule has 3 N–H and O–H groups in total. The van der Waals surface area contributed by atoms with E-state index in [0.717, 1.165) is 31.5 Å². The maximum Gasteiger partial charge on any atom is 0.275 e. The average Bonchev–Trinajstić information content (AvgIpc) is 2.71. The number of carbonyl (C=O) groups is 2. The number of halogens is 1. The lowest BCUT2D eigenvalue weighted by Gasteiger charge is -2.31. The van der Waals surface area contributed by atoms with E-state index in [4.69, 9.17) is 22.1 Å². The number of anilines is 1. The molecule has 0 aliphatic carbocycles. The summed E-state index contributed by atoms with van der Waals surface area (Å²) in [4.78, 5) is 30.4. The predicted octanol–water partition coefficient (Wildman–Crippen LogP) is 3.08. The summed E-state index contributed by atoms with van der Waals surface area (Å²) in [5.41, 5.74) is 7.31. The van der Waals surface area contributed by atoms with Crippen molar-refractivity contribution < 1.29 is 14.3 Å². The monoisotopic (exact) mass is 416 g/mol. The van der Waals surface area contributed by atoms with E-state index < -0.39 is 5.91 Å². The van der Waals surface area contributed by atoms with Gasteiger partial charge < -0.3 is 15.8 Å². The topological polar surface area (TPSA) is 97.5 Å². The molecule has 3 rings (SSSR count). The molecular formula is C21H25ClN4O3. The highest BCUT2D eigenvalue weighted by atomic mass is 35.5. The molecule has 2 aromatic rings. The maximum atomic E-state index is 12.5. The summed E-state index contributed by atoms with van der Waals surface area (Å²) >= 11 is 6.11. The van der Waals surface area contributed by atoms with Crippen LogP contribution < -0.4 is 15.8 Å². The number of aromatic nitrogens is 1. The van der Waals surface area contributed by atoms with Crippen LogP contribution in [0.3, 0.4) is 0 Å². The quantitative estimate of drug-likeness (QED) is 0.722. The van der Waals surface area contributed by atoms with Gasteiger partial charge in [0.2, 0.25) is 11.8 Å². The first-order chi connectivity index (χ1) is 14.0. The minimum Gasteiger partial charge on any atom is -0.478 e. The molecule has 1 aliphatic rings. The van der Waals surface area contributed by atoms with Crippen molar-refractivity contribution in [3.05, 3.63) is 52.7 Å². The molecule has 1 fully saturated rings. The van der Waals surface area contributed by atoms with E-state index in [2.05, 4.69) is 15.2 Å². The van der Waals surface area contributed by atoms with Gasteiger partial charge in [-0.05, 0) is 50.1 Å². The van der Waals surface area contributed by atoms with E-state index in [0.29, 0.717) is 24.7 Å². The summed E-state index contributed by atoms with van der Waals surface area (Å²) in [5.74, 6) is -0.349. The Balaban J connectivity index is 1.61. The summed E-state index contributed by atoms with van der Waals surface area (Å²) in [5, 5.41) is 3.07. The number of hydrogen-bond donors (Lipinski definition) is 2. The fourth-order valence-electron chi connectivity index (χ4n) is 3.39. The van der Waals surface area contributed by atoms with Gasteiger partial charge in [-0.3, -0.25) is 14.5 Å². The van der Waals surface area contributed by atoms with Crippen molar-refractivity contribution in [2.45, 2.75) is 26.3 Å². The van der Waals surface area contributed by atoms with E-state index in [1.807, 2.05) is 31.2 Å². The molecular weight excluding hydrogens is 392 g/mol. The van der Waals surface area contributed by atoms with Crippen LogP contribution in [0.5, 0.6) is 5.88 Å². The molecule has 29 heavy (non-hydrogen) atoms. The van der Waals surface area contributed by atoms with E-state index >= 15 is 0 Å². The summed E-state index contributed by atoms with van der Waals surface area (Å²) in [6, 6.07) is 10.8. The molecule has 2 amide bonds. The molecule has 8 heteroatoms. The molecule has 7 nitrogen and oxygen atoms in total. The van der Waals surface area contributed by atoms with Crippen molar-refractivity contribution in [1.82, 2.24) is 9.88 Å². The third-order valence-corrected chi connectivity index (χ3v) is 5.16. The highest BCUT2D eigenvalue weighted by Crippen LogP contribution is 2.21. The number of carbonyl (C=O) groups excluding carboxylic acids is 2. The number of nitrogens with two attached hydrogens (primary N) is 1. The number of rotatable bonds is 7. The minimum absolute atomic E-state index is 0.0768. The Morgan fingerprint density at radius 1 is 1.28 bits per heavy atom. The Morgan fingerprint density at radius 2 is 2.03 bits per heavy atom. The van der Waals surface area contributed by atoms with Crippen LogP contribution in [-0.4, -0.2) is 41.4 Å². The highest BCUT2D eigenvalue weighted by Gasteiger charge is 2.23. The number of piperidine rings is 1. The molecule has 1 atom stereocenters. The Kier molecular flexibility index (Phi) is 7.06. The smallest absolute Gasteiger partial charge is 0.275 e. The van der Waals surface area contributed by atoms with Crippen molar-refractivity contribution in [3.8, 4) is 5.88 Å². The van der Waals surface area contributed by atoms with Crippen LogP contribution in [0.15, 0.2) is 36.4 Å². The summed E-state index contributed by atoms with van der Waals surface area (Å²) in [7, 11) is 0. The van der Waals surface area contributed by atoms with Crippen LogP contribution in [0.4, 0.5) is 5.69 Å². The van der Waals surface area contributed by atoms with Gasteiger partial charge in [0.25, 0.3) is 5.91 Å². The van der Waals surface area contributed by atoms with Gasteiger partial charge >= 0.3 is 0 Å². The van der Waals surface area contributed by atoms with Gasteiger partial charge in [0.1, 0.15) is 0 Å². The molecule has 1 aliphatic heterocycles. The number of nitrogens with one attached hydrogen (secondary N) is 1. The van der Waals surface area contributed by atoms with Crippen LogP contribution >= 0.6 is 11.6 Å². The van der Waals surface area contributed by atoms with E-state index in [1.54, 1.807) is 12.1 Å². The van der Waals surface area contributed by atoms with Crippen molar-refractivity contribution in [2.24, 2.45) is 11.7 Å². The van der Waals surface area contributed by atoms with E-state index in [1.165, 1.54) is 0 Å². The second-order valence-electron chi connectivity index (χ2n) is 7.04. The molecule has 1 unspecified atom stereocenters. The summed E-state index contributed by atoms with van der Waals surface area (Å²) < 4.78 is 5.33. The van der Waals surface area contributed by atoms with Gasteiger partial charge in [0.05, 0.1) is 17.5 Å². The molecule has 0 spiro atoms. The lowest BCUT2D eigenvalue weighted by Crippen LogP contribution is -2.40. The second-order valence-corrected chi connectivity index (χ2v) is 7.45. The number of likely N-dealkylation sites (tertiary alicyclic amines) is 1. The Labute approximate surface area is 175 Å². The standard InChI is InChI=1S/C21H25ClN4O3/c1-2-29-18-10-9-17(22)19(25-18)21(28)24-16-7-5-14(6-8-16)12-26-11-3-4-15(13-26)20(23)27/h5-10,15H,2-4,11-13H2,1H3,(H2,23,27)(H,24,28). The fourth-order valence-corrected chi connectivity index (χ4v) is 3.58. The molecule has 1 aromatic heterocycles. The molecule has 1 aromatic carbocycles. The second kappa shape index (κ2) is 9.71. The zero-order valence-corrected chi connectivity index (χ0v) is 17.1. The third-order valence-electron chi connectivity index (χ3n) is 4.85. The average molecular weight is 417 g/mol. The Hall–Kier alpha value is -2.64. The maximum absolute atomic E-state index is 12.5. The fraction of sp³-hybridized carbons (Fsp3) is 0.381. The van der Waals surface area contributed by atoms with Gasteiger partial charge in [-0.25, -0.2) is 4.98 Å². The summed E-state index contributed by atoms with van der Waals surface area (Å²) in [6.07, 6.45) is 1.83. The molecule has 0 radical (unpaired) electrons. The zero-order chi connectivity index (χ0) is 20.8. The van der Waals surface area contributed by atoms with Crippen molar-refractivity contribution >= 4 is 29.1 Å². The Morgan fingerprint density at radius 3 is 2.72 bits per heavy atom. The van der Waals surface area contributed by atoms with Crippen LogP contribution in [0.2, 0.25) is 5.02 Å². The first kappa shape index (κ1) is 21.1. The Bertz CT molecular complexity index is 873. The van der Waals surface area contributed by atoms with Gasteiger partial charge in [-0.2, -0.15) is 0 Å². The number of benzene rings is 1. The molecule has 0 saturated carbocycles. The predicted molar refractivity (Wildman–Crippen MR) is 112 cm³/mol. The lowest BCUT2D eigenvalue weighted by molar-refractivity contribution is -0.123. The first-order valence-electron chi connectivity index (χ1n) is 9.67. The van der Waals surface area contributed by atoms with Gasteiger partial charge in [-0.1, -0.05) is 23.7 Å². The zero-order valence-electron chi connectivity index (χ0n) is 16.4. The normalized spacial score (nSPS) is 17.0. The molecule has 154 valence electrons.